The zero-order valence-corrected chi connectivity index (χ0v) is 13.7. The van der Waals surface area contributed by atoms with Crippen LogP contribution < -0.4 is 5.32 Å². The Balaban J connectivity index is 1.46. The number of nitrogens with zero attached hydrogens (tertiary/aromatic N) is 1. The summed E-state index contributed by atoms with van der Waals surface area (Å²) in [4.78, 5) is 2.87. The summed E-state index contributed by atoms with van der Waals surface area (Å²) < 4.78 is 6.15. The van der Waals surface area contributed by atoms with Gasteiger partial charge in [-0.3, -0.25) is 4.90 Å². The molecule has 3 heteroatoms. The van der Waals surface area contributed by atoms with Crippen LogP contribution in [0.15, 0.2) is 0 Å². The van der Waals surface area contributed by atoms with Crippen LogP contribution in [-0.2, 0) is 4.74 Å². The van der Waals surface area contributed by atoms with Gasteiger partial charge in [-0.1, -0.05) is 19.3 Å². The first kappa shape index (κ1) is 14.5. The third-order valence-corrected chi connectivity index (χ3v) is 6.50. The number of hydrogen-bond acceptors (Lipinski definition) is 3. The average Bonchev–Trinajstić information content (AvgIpc) is 3.26. The quantitative estimate of drug-likeness (QED) is 0.865. The SMILES string of the molecule is CC1CCC(CN2CC(C3CC3)NCC23CCCCC3)O1. The fraction of sp³-hybridized carbons (Fsp3) is 1.00. The summed E-state index contributed by atoms with van der Waals surface area (Å²) in [5.74, 6) is 0.969. The van der Waals surface area contributed by atoms with Crippen molar-refractivity contribution in [3.63, 3.8) is 0 Å². The van der Waals surface area contributed by atoms with Crippen LogP contribution in [0.5, 0.6) is 0 Å². The summed E-state index contributed by atoms with van der Waals surface area (Å²) in [5.41, 5.74) is 0.457. The topological polar surface area (TPSA) is 24.5 Å². The van der Waals surface area contributed by atoms with Crippen molar-refractivity contribution in [3.8, 4) is 0 Å². The summed E-state index contributed by atoms with van der Waals surface area (Å²) in [6.45, 7) is 5.94. The van der Waals surface area contributed by atoms with Gasteiger partial charge in [0.1, 0.15) is 0 Å². The molecule has 3 atom stereocenters. The van der Waals surface area contributed by atoms with Gasteiger partial charge in [-0.05, 0) is 51.4 Å². The van der Waals surface area contributed by atoms with Crippen molar-refractivity contribution >= 4 is 0 Å². The van der Waals surface area contributed by atoms with Crippen molar-refractivity contribution in [1.82, 2.24) is 10.2 Å². The molecule has 2 heterocycles. The van der Waals surface area contributed by atoms with E-state index in [1.54, 1.807) is 0 Å². The monoisotopic (exact) mass is 292 g/mol. The maximum Gasteiger partial charge on any atom is 0.0706 e. The minimum atomic E-state index is 0.457. The van der Waals surface area contributed by atoms with Crippen molar-refractivity contribution in [2.24, 2.45) is 5.92 Å². The van der Waals surface area contributed by atoms with E-state index in [4.69, 9.17) is 4.74 Å². The fourth-order valence-corrected chi connectivity index (χ4v) is 4.98. The van der Waals surface area contributed by atoms with Gasteiger partial charge in [-0.15, -0.1) is 0 Å². The van der Waals surface area contributed by atoms with E-state index in [2.05, 4.69) is 17.1 Å². The molecule has 4 rings (SSSR count). The molecule has 4 fully saturated rings. The van der Waals surface area contributed by atoms with E-state index in [0.717, 1.165) is 12.0 Å². The van der Waals surface area contributed by atoms with Gasteiger partial charge >= 0.3 is 0 Å². The molecule has 0 radical (unpaired) electrons. The first-order valence-electron chi connectivity index (χ1n) is 9.39. The molecule has 3 nitrogen and oxygen atoms in total. The summed E-state index contributed by atoms with van der Waals surface area (Å²) in [7, 11) is 0. The number of ether oxygens (including phenoxy) is 1. The first-order valence-corrected chi connectivity index (χ1v) is 9.39. The smallest absolute Gasteiger partial charge is 0.0706 e. The highest BCUT2D eigenvalue weighted by molar-refractivity contribution is 5.04. The molecule has 2 aliphatic carbocycles. The van der Waals surface area contributed by atoms with Gasteiger partial charge in [0.05, 0.1) is 12.2 Å². The van der Waals surface area contributed by atoms with E-state index in [1.165, 1.54) is 77.4 Å². The molecule has 0 aromatic rings. The number of rotatable bonds is 3. The van der Waals surface area contributed by atoms with E-state index in [9.17, 15) is 0 Å². The van der Waals surface area contributed by atoms with E-state index in [1.807, 2.05) is 0 Å². The first-order chi connectivity index (χ1) is 10.3. The highest BCUT2D eigenvalue weighted by Gasteiger charge is 2.46. The maximum atomic E-state index is 6.15. The lowest BCUT2D eigenvalue weighted by molar-refractivity contribution is -0.0396. The lowest BCUT2D eigenvalue weighted by Gasteiger charge is -2.53. The molecule has 0 aromatic heterocycles. The minimum Gasteiger partial charge on any atom is -0.374 e. The molecule has 0 bridgehead atoms. The van der Waals surface area contributed by atoms with Crippen LogP contribution >= 0.6 is 0 Å². The molecule has 3 unspecified atom stereocenters. The van der Waals surface area contributed by atoms with Crippen LogP contribution in [-0.4, -0.2) is 48.3 Å². The lowest BCUT2D eigenvalue weighted by Crippen LogP contribution is -2.66. The zero-order valence-electron chi connectivity index (χ0n) is 13.7. The van der Waals surface area contributed by atoms with Crippen molar-refractivity contribution in [1.29, 1.82) is 0 Å². The van der Waals surface area contributed by atoms with Gasteiger partial charge in [-0.2, -0.15) is 0 Å². The molecule has 0 aromatic carbocycles. The Labute approximate surface area is 129 Å². The summed E-state index contributed by atoms with van der Waals surface area (Å²) in [6, 6.07) is 0.761. The molecule has 1 spiro atoms. The molecular weight excluding hydrogens is 260 g/mol. The number of piperazine rings is 1. The number of hydrogen-bond donors (Lipinski definition) is 1. The predicted molar refractivity (Wildman–Crippen MR) is 85.5 cm³/mol. The largest absolute Gasteiger partial charge is 0.374 e. The van der Waals surface area contributed by atoms with Crippen LogP contribution in [0.4, 0.5) is 0 Å². The van der Waals surface area contributed by atoms with Crippen molar-refractivity contribution < 1.29 is 4.74 Å². The molecule has 21 heavy (non-hydrogen) atoms. The zero-order chi connectivity index (χ0) is 14.3. The second-order valence-electron chi connectivity index (χ2n) is 8.16. The molecule has 2 saturated heterocycles. The van der Waals surface area contributed by atoms with Gasteiger partial charge in [0, 0.05) is 31.2 Å². The van der Waals surface area contributed by atoms with Crippen LogP contribution in [0.25, 0.3) is 0 Å². The highest BCUT2D eigenvalue weighted by Crippen LogP contribution is 2.40. The van der Waals surface area contributed by atoms with Crippen LogP contribution in [0.3, 0.4) is 0 Å². The molecule has 120 valence electrons. The molecule has 2 saturated carbocycles. The predicted octanol–water partition coefficient (Wildman–Crippen LogP) is 2.94. The van der Waals surface area contributed by atoms with Crippen LogP contribution in [0.1, 0.15) is 64.7 Å². The molecule has 1 N–H and O–H groups in total. The Morgan fingerprint density at radius 3 is 2.57 bits per heavy atom. The van der Waals surface area contributed by atoms with Crippen LogP contribution in [0.2, 0.25) is 0 Å². The highest BCUT2D eigenvalue weighted by atomic mass is 16.5. The Hall–Kier alpha value is -0.120. The van der Waals surface area contributed by atoms with E-state index in [-0.39, 0.29) is 0 Å². The second kappa shape index (κ2) is 5.82. The third-order valence-electron chi connectivity index (χ3n) is 6.50. The third kappa shape index (κ3) is 3.02. The molecular formula is C18H32N2O. The van der Waals surface area contributed by atoms with Gasteiger partial charge < -0.3 is 10.1 Å². The van der Waals surface area contributed by atoms with Gasteiger partial charge in [0.15, 0.2) is 0 Å². The van der Waals surface area contributed by atoms with E-state index >= 15 is 0 Å². The lowest BCUT2D eigenvalue weighted by atomic mass is 9.78. The Morgan fingerprint density at radius 1 is 1.10 bits per heavy atom. The van der Waals surface area contributed by atoms with Gasteiger partial charge in [0.2, 0.25) is 0 Å². The Morgan fingerprint density at radius 2 is 1.90 bits per heavy atom. The van der Waals surface area contributed by atoms with Crippen molar-refractivity contribution in [2.75, 3.05) is 19.6 Å². The summed E-state index contributed by atoms with van der Waals surface area (Å²) in [5, 5.41) is 3.92. The average molecular weight is 292 g/mol. The normalized spacial score (nSPS) is 40.7. The van der Waals surface area contributed by atoms with Crippen molar-refractivity contribution in [3.05, 3.63) is 0 Å². The van der Waals surface area contributed by atoms with Gasteiger partial charge in [0.25, 0.3) is 0 Å². The molecule has 4 aliphatic rings. The summed E-state index contributed by atoms with van der Waals surface area (Å²) in [6.07, 6.45) is 13.5. The second-order valence-corrected chi connectivity index (χ2v) is 8.16. The molecule has 0 amide bonds. The van der Waals surface area contributed by atoms with Crippen LogP contribution in [0, 0.1) is 5.92 Å². The van der Waals surface area contributed by atoms with Crippen molar-refractivity contribution in [2.45, 2.75) is 88.5 Å². The minimum absolute atomic E-state index is 0.457. The fourth-order valence-electron chi connectivity index (χ4n) is 4.98. The maximum absolute atomic E-state index is 6.15. The Kier molecular flexibility index (Phi) is 4.01. The van der Waals surface area contributed by atoms with Gasteiger partial charge in [-0.25, -0.2) is 0 Å². The molecule has 2 aliphatic heterocycles. The van der Waals surface area contributed by atoms with E-state index < -0.39 is 0 Å². The Bertz CT molecular complexity index is 362. The number of nitrogens with one attached hydrogen (secondary N) is 1. The standard InChI is InChI=1S/C18H32N2O/c1-14-5-8-16(21-14)11-20-12-17(15-6-7-15)19-13-18(20)9-3-2-4-10-18/h14-17,19H,2-13H2,1H3. The summed E-state index contributed by atoms with van der Waals surface area (Å²) >= 11 is 0. The van der Waals surface area contributed by atoms with E-state index in [0.29, 0.717) is 17.7 Å².